The van der Waals surface area contributed by atoms with Crippen molar-refractivity contribution in [2.45, 2.75) is 19.0 Å². The van der Waals surface area contributed by atoms with E-state index in [-0.39, 0.29) is 13.2 Å². The van der Waals surface area contributed by atoms with E-state index in [2.05, 4.69) is 11.3 Å². The summed E-state index contributed by atoms with van der Waals surface area (Å²) >= 11 is 0. The minimum absolute atomic E-state index is 0.185. The molecule has 0 aliphatic carbocycles. The molecule has 2 aromatic rings. The number of esters is 2. The first-order chi connectivity index (χ1) is 14.7. The SMILES string of the molecule is C=C(C(=O)OCCCCOc1ccc(C(=O)Oc2ccc(C=O)cc2)cc1)C(F)(F)F. The Hall–Kier alpha value is -3.62. The highest BCUT2D eigenvalue weighted by Gasteiger charge is 2.37. The van der Waals surface area contributed by atoms with Gasteiger partial charge in [0.2, 0.25) is 0 Å². The standard InChI is InChI=1S/C22H19F3O6/c1-15(22(23,24)25)20(27)30-13-3-2-12-29-18-10-6-17(7-11-18)21(28)31-19-8-4-16(14-26)5-9-19/h4-11,14H,1-3,12-13H2. The van der Waals surface area contributed by atoms with E-state index >= 15 is 0 Å². The number of ether oxygens (including phenoxy) is 3. The lowest BCUT2D eigenvalue weighted by molar-refractivity contribution is -0.150. The molecule has 0 amide bonds. The van der Waals surface area contributed by atoms with Gasteiger partial charge in [0.15, 0.2) is 0 Å². The maximum atomic E-state index is 12.3. The number of halogens is 3. The van der Waals surface area contributed by atoms with Gasteiger partial charge in [-0.05, 0) is 61.4 Å². The fourth-order valence-corrected chi connectivity index (χ4v) is 2.23. The zero-order valence-electron chi connectivity index (χ0n) is 16.3. The van der Waals surface area contributed by atoms with Crippen molar-refractivity contribution in [1.29, 1.82) is 0 Å². The maximum Gasteiger partial charge on any atom is 0.422 e. The number of benzene rings is 2. The van der Waals surface area contributed by atoms with Gasteiger partial charge in [0.1, 0.15) is 23.4 Å². The quantitative estimate of drug-likeness (QED) is 0.179. The second-order valence-electron chi connectivity index (χ2n) is 6.27. The predicted molar refractivity (Wildman–Crippen MR) is 104 cm³/mol. The molecule has 0 saturated heterocycles. The van der Waals surface area contributed by atoms with Crippen LogP contribution in [0.1, 0.15) is 33.6 Å². The molecule has 0 N–H and O–H groups in total. The van der Waals surface area contributed by atoms with E-state index in [1.807, 2.05) is 0 Å². The summed E-state index contributed by atoms with van der Waals surface area (Å²) in [5.41, 5.74) is -0.782. The van der Waals surface area contributed by atoms with Crippen LogP contribution in [0.15, 0.2) is 60.7 Å². The van der Waals surface area contributed by atoms with E-state index < -0.39 is 23.7 Å². The number of unbranched alkanes of at least 4 members (excludes halogenated alkanes) is 1. The summed E-state index contributed by atoms with van der Waals surface area (Å²) in [5.74, 6) is -1.28. The lowest BCUT2D eigenvalue weighted by Crippen LogP contribution is -2.21. The van der Waals surface area contributed by atoms with Crippen LogP contribution in [-0.4, -0.2) is 37.6 Å². The predicted octanol–water partition coefficient (Wildman–Crippen LogP) is 4.54. The van der Waals surface area contributed by atoms with E-state index in [0.717, 1.165) is 0 Å². The van der Waals surface area contributed by atoms with Gasteiger partial charge in [-0.1, -0.05) is 6.58 Å². The second-order valence-corrected chi connectivity index (χ2v) is 6.27. The zero-order chi connectivity index (χ0) is 22.9. The van der Waals surface area contributed by atoms with Crippen molar-refractivity contribution in [1.82, 2.24) is 0 Å². The Morgan fingerprint density at radius 2 is 1.48 bits per heavy atom. The van der Waals surface area contributed by atoms with Crippen LogP contribution in [0.5, 0.6) is 11.5 Å². The molecule has 0 aliphatic rings. The van der Waals surface area contributed by atoms with Crippen LogP contribution in [0.2, 0.25) is 0 Å². The van der Waals surface area contributed by atoms with Gasteiger partial charge >= 0.3 is 18.1 Å². The monoisotopic (exact) mass is 436 g/mol. The highest BCUT2D eigenvalue weighted by Crippen LogP contribution is 2.24. The molecule has 0 bridgehead atoms. The molecule has 0 aromatic heterocycles. The number of carbonyl (C=O) groups excluding carboxylic acids is 3. The van der Waals surface area contributed by atoms with Gasteiger partial charge in [0.05, 0.1) is 18.8 Å². The van der Waals surface area contributed by atoms with Crippen molar-refractivity contribution in [3.8, 4) is 11.5 Å². The molecule has 0 unspecified atom stereocenters. The first-order valence-corrected chi connectivity index (χ1v) is 9.14. The lowest BCUT2D eigenvalue weighted by Gasteiger charge is -2.10. The molecule has 0 saturated carbocycles. The summed E-state index contributed by atoms with van der Waals surface area (Å²) in [4.78, 5) is 33.9. The van der Waals surface area contributed by atoms with Crippen molar-refractivity contribution >= 4 is 18.2 Å². The van der Waals surface area contributed by atoms with Crippen LogP contribution >= 0.6 is 0 Å². The average Bonchev–Trinajstić information content (AvgIpc) is 2.75. The molecule has 2 aromatic carbocycles. The van der Waals surface area contributed by atoms with Crippen molar-refractivity contribution in [3.05, 3.63) is 71.8 Å². The Balaban J connectivity index is 1.70. The number of carbonyl (C=O) groups is 3. The van der Waals surface area contributed by atoms with Gasteiger partial charge in [0, 0.05) is 5.56 Å². The van der Waals surface area contributed by atoms with Crippen LogP contribution in [-0.2, 0) is 9.53 Å². The first-order valence-electron chi connectivity index (χ1n) is 9.14. The van der Waals surface area contributed by atoms with E-state index in [4.69, 9.17) is 9.47 Å². The summed E-state index contributed by atoms with van der Waals surface area (Å²) in [6.07, 6.45) is -3.38. The fraction of sp³-hybridized carbons (Fsp3) is 0.227. The Morgan fingerprint density at radius 3 is 2.06 bits per heavy atom. The summed E-state index contributed by atoms with van der Waals surface area (Å²) in [6.45, 7) is 2.72. The van der Waals surface area contributed by atoms with Crippen molar-refractivity contribution in [2.24, 2.45) is 0 Å². The van der Waals surface area contributed by atoms with Gasteiger partial charge in [0.25, 0.3) is 0 Å². The van der Waals surface area contributed by atoms with Crippen LogP contribution < -0.4 is 9.47 Å². The van der Waals surface area contributed by atoms with E-state index in [1.54, 1.807) is 12.1 Å². The number of hydrogen-bond donors (Lipinski definition) is 0. The minimum atomic E-state index is -4.81. The fourth-order valence-electron chi connectivity index (χ4n) is 2.23. The Labute approximate surface area is 176 Å². The van der Waals surface area contributed by atoms with E-state index in [1.165, 1.54) is 36.4 Å². The molecular weight excluding hydrogens is 417 g/mol. The van der Waals surface area contributed by atoms with E-state index in [0.29, 0.717) is 41.8 Å². The molecule has 6 nitrogen and oxygen atoms in total. The van der Waals surface area contributed by atoms with Crippen molar-refractivity contribution in [2.75, 3.05) is 13.2 Å². The highest BCUT2D eigenvalue weighted by molar-refractivity contribution is 5.91. The second kappa shape index (κ2) is 11.0. The Morgan fingerprint density at radius 1 is 0.903 bits per heavy atom. The molecule has 0 fully saturated rings. The van der Waals surface area contributed by atoms with Crippen LogP contribution in [0.25, 0.3) is 0 Å². The third kappa shape index (κ3) is 7.61. The smallest absolute Gasteiger partial charge is 0.422 e. The van der Waals surface area contributed by atoms with Gasteiger partial charge in [-0.15, -0.1) is 0 Å². The number of rotatable bonds is 10. The molecule has 0 atom stereocenters. The highest BCUT2D eigenvalue weighted by atomic mass is 19.4. The lowest BCUT2D eigenvalue weighted by atomic mass is 10.2. The summed E-state index contributed by atoms with van der Waals surface area (Å²) in [7, 11) is 0. The summed E-state index contributed by atoms with van der Waals surface area (Å²) in [5, 5.41) is 0. The molecule has 2 rings (SSSR count). The van der Waals surface area contributed by atoms with Crippen molar-refractivity contribution < 1.29 is 41.8 Å². The summed E-state index contributed by atoms with van der Waals surface area (Å²) in [6, 6.07) is 12.2. The molecule has 0 heterocycles. The Bertz CT molecular complexity index is 918. The topological polar surface area (TPSA) is 78.9 Å². The first kappa shape index (κ1) is 23.7. The molecule has 0 aliphatic heterocycles. The molecule has 0 radical (unpaired) electrons. The normalized spacial score (nSPS) is 10.8. The maximum absolute atomic E-state index is 12.3. The largest absolute Gasteiger partial charge is 0.494 e. The third-order valence-corrected chi connectivity index (χ3v) is 3.95. The Kier molecular flexibility index (Phi) is 8.36. The van der Waals surface area contributed by atoms with Gasteiger partial charge in [-0.3, -0.25) is 4.79 Å². The molecule has 9 heteroatoms. The molecular formula is C22H19F3O6. The number of hydrogen-bond acceptors (Lipinski definition) is 6. The van der Waals surface area contributed by atoms with Crippen LogP contribution in [0, 0.1) is 0 Å². The molecule has 164 valence electrons. The van der Waals surface area contributed by atoms with Gasteiger partial charge in [-0.25, -0.2) is 9.59 Å². The average molecular weight is 436 g/mol. The minimum Gasteiger partial charge on any atom is -0.494 e. The number of aldehydes is 1. The van der Waals surface area contributed by atoms with Gasteiger partial charge in [-0.2, -0.15) is 13.2 Å². The summed E-state index contributed by atoms with van der Waals surface area (Å²) < 4.78 is 52.0. The van der Waals surface area contributed by atoms with E-state index in [9.17, 15) is 27.6 Å². The van der Waals surface area contributed by atoms with Crippen LogP contribution in [0.3, 0.4) is 0 Å². The van der Waals surface area contributed by atoms with Crippen molar-refractivity contribution in [3.63, 3.8) is 0 Å². The molecule has 31 heavy (non-hydrogen) atoms. The van der Waals surface area contributed by atoms with Crippen LogP contribution in [0.4, 0.5) is 13.2 Å². The van der Waals surface area contributed by atoms with Gasteiger partial charge < -0.3 is 14.2 Å². The zero-order valence-corrected chi connectivity index (χ0v) is 16.3. The molecule has 0 spiro atoms. The third-order valence-electron chi connectivity index (χ3n) is 3.95. The number of alkyl halides is 3.